The van der Waals surface area contributed by atoms with Gasteiger partial charge < -0.3 is 5.11 Å². The number of hydrogen-bond acceptors (Lipinski definition) is 1. The molecule has 3 aromatic carbocycles. The van der Waals surface area contributed by atoms with Gasteiger partial charge >= 0.3 is 0 Å². The minimum atomic E-state index is 0.161. The van der Waals surface area contributed by atoms with Gasteiger partial charge in [-0.3, -0.25) is 0 Å². The standard InChI is InChI=1S/C23H24O/c1-16-14-23(24)22(18(3)20-12-8-5-9-13-20)15-21(16)17(2)19-10-6-4-7-11-19/h4-15,17-18,24H,1-3H3. The van der Waals surface area contributed by atoms with Crippen LogP contribution < -0.4 is 0 Å². The first-order chi connectivity index (χ1) is 11.6. The van der Waals surface area contributed by atoms with E-state index >= 15 is 0 Å². The molecule has 0 bridgehead atoms. The van der Waals surface area contributed by atoms with Crippen molar-refractivity contribution in [1.82, 2.24) is 0 Å². The Labute approximate surface area is 144 Å². The van der Waals surface area contributed by atoms with Gasteiger partial charge in [0.25, 0.3) is 0 Å². The molecule has 1 heteroatoms. The molecule has 0 aliphatic rings. The smallest absolute Gasteiger partial charge is 0.119 e. The zero-order chi connectivity index (χ0) is 17.1. The zero-order valence-electron chi connectivity index (χ0n) is 14.5. The van der Waals surface area contributed by atoms with Crippen molar-refractivity contribution in [2.24, 2.45) is 0 Å². The van der Waals surface area contributed by atoms with Gasteiger partial charge in [-0.25, -0.2) is 0 Å². The average Bonchev–Trinajstić information content (AvgIpc) is 2.62. The molecular weight excluding hydrogens is 292 g/mol. The molecule has 24 heavy (non-hydrogen) atoms. The summed E-state index contributed by atoms with van der Waals surface area (Å²) in [4.78, 5) is 0. The summed E-state index contributed by atoms with van der Waals surface area (Å²) >= 11 is 0. The molecule has 0 fully saturated rings. The fourth-order valence-electron chi connectivity index (χ4n) is 3.38. The highest BCUT2D eigenvalue weighted by Crippen LogP contribution is 2.36. The predicted octanol–water partition coefficient (Wildman–Crippen LogP) is 6.00. The van der Waals surface area contributed by atoms with Crippen LogP contribution in [0.3, 0.4) is 0 Å². The van der Waals surface area contributed by atoms with E-state index in [0.29, 0.717) is 11.7 Å². The lowest BCUT2D eigenvalue weighted by atomic mass is 9.84. The minimum Gasteiger partial charge on any atom is -0.508 e. The van der Waals surface area contributed by atoms with Gasteiger partial charge in [0.05, 0.1) is 0 Å². The first kappa shape index (κ1) is 16.3. The van der Waals surface area contributed by atoms with Crippen molar-refractivity contribution < 1.29 is 5.11 Å². The maximum absolute atomic E-state index is 10.5. The molecule has 3 rings (SSSR count). The van der Waals surface area contributed by atoms with E-state index in [0.717, 1.165) is 11.1 Å². The Morgan fingerprint density at radius 3 is 1.62 bits per heavy atom. The molecule has 2 unspecified atom stereocenters. The summed E-state index contributed by atoms with van der Waals surface area (Å²) in [5, 5.41) is 10.5. The fraction of sp³-hybridized carbons (Fsp3) is 0.217. The summed E-state index contributed by atoms with van der Waals surface area (Å²) < 4.78 is 0. The Kier molecular flexibility index (Phi) is 4.71. The Morgan fingerprint density at radius 1 is 0.667 bits per heavy atom. The number of aryl methyl sites for hydroxylation is 1. The van der Waals surface area contributed by atoms with Gasteiger partial charge in [0.15, 0.2) is 0 Å². The fourth-order valence-corrected chi connectivity index (χ4v) is 3.38. The number of rotatable bonds is 4. The molecular formula is C23H24O. The lowest BCUT2D eigenvalue weighted by Crippen LogP contribution is -2.03. The third-order valence-electron chi connectivity index (χ3n) is 4.95. The largest absolute Gasteiger partial charge is 0.508 e. The average molecular weight is 316 g/mol. The Hall–Kier alpha value is -2.54. The molecule has 0 aromatic heterocycles. The van der Waals surface area contributed by atoms with Crippen LogP contribution in [0.2, 0.25) is 0 Å². The predicted molar refractivity (Wildman–Crippen MR) is 101 cm³/mol. The van der Waals surface area contributed by atoms with Gasteiger partial charge in [-0.1, -0.05) is 80.6 Å². The summed E-state index contributed by atoms with van der Waals surface area (Å²) in [6.45, 7) is 6.45. The Bertz CT molecular complexity index is 739. The number of aromatic hydroxyl groups is 1. The highest BCUT2D eigenvalue weighted by atomic mass is 16.3. The van der Waals surface area contributed by atoms with Gasteiger partial charge in [0.2, 0.25) is 0 Å². The van der Waals surface area contributed by atoms with Crippen LogP contribution in [-0.4, -0.2) is 5.11 Å². The summed E-state index contributed by atoms with van der Waals surface area (Å²) in [7, 11) is 0. The van der Waals surface area contributed by atoms with Gasteiger partial charge in [-0.2, -0.15) is 0 Å². The van der Waals surface area contributed by atoms with Crippen LogP contribution in [0.5, 0.6) is 5.75 Å². The first-order valence-electron chi connectivity index (χ1n) is 8.51. The second-order valence-corrected chi connectivity index (χ2v) is 6.53. The molecule has 122 valence electrons. The van der Waals surface area contributed by atoms with E-state index in [4.69, 9.17) is 0 Å². The van der Waals surface area contributed by atoms with E-state index in [9.17, 15) is 5.11 Å². The maximum Gasteiger partial charge on any atom is 0.119 e. The molecule has 2 atom stereocenters. The zero-order valence-corrected chi connectivity index (χ0v) is 14.5. The number of benzene rings is 3. The van der Waals surface area contributed by atoms with Crippen molar-refractivity contribution in [2.75, 3.05) is 0 Å². The molecule has 0 saturated carbocycles. The minimum absolute atomic E-state index is 0.161. The highest BCUT2D eigenvalue weighted by molar-refractivity contribution is 5.49. The molecule has 0 heterocycles. The van der Waals surface area contributed by atoms with Crippen LogP contribution in [-0.2, 0) is 0 Å². The van der Waals surface area contributed by atoms with E-state index in [2.05, 4.69) is 63.2 Å². The molecule has 0 aliphatic carbocycles. The van der Waals surface area contributed by atoms with Gasteiger partial charge in [0.1, 0.15) is 5.75 Å². The van der Waals surface area contributed by atoms with E-state index in [-0.39, 0.29) is 5.92 Å². The van der Waals surface area contributed by atoms with Crippen LogP contribution in [0.1, 0.15) is 53.5 Å². The lowest BCUT2D eigenvalue weighted by molar-refractivity contribution is 0.465. The normalized spacial score (nSPS) is 13.5. The Balaban J connectivity index is 2.03. The highest BCUT2D eigenvalue weighted by Gasteiger charge is 2.18. The molecule has 1 nitrogen and oxygen atoms in total. The topological polar surface area (TPSA) is 20.2 Å². The molecule has 0 radical (unpaired) electrons. The molecule has 0 saturated heterocycles. The van der Waals surface area contributed by atoms with Crippen molar-refractivity contribution in [3.8, 4) is 5.75 Å². The van der Waals surface area contributed by atoms with E-state index in [1.165, 1.54) is 16.7 Å². The lowest BCUT2D eigenvalue weighted by Gasteiger charge is -2.21. The maximum atomic E-state index is 10.5. The summed E-state index contributed by atoms with van der Waals surface area (Å²) in [5.41, 5.74) is 5.91. The summed E-state index contributed by atoms with van der Waals surface area (Å²) in [6, 6.07) is 25.0. The second-order valence-electron chi connectivity index (χ2n) is 6.53. The molecule has 1 N–H and O–H groups in total. The van der Waals surface area contributed by atoms with Gasteiger partial charge in [-0.15, -0.1) is 0 Å². The van der Waals surface area contributed by atoms with Gasteiger partial charge in [-0.05, 0) is 35.2 Å². The van der Waals surface area contributed by atoms with Crippen molar-refractivity contribution >= 4 is 0 Å². The molecule has 0 aliphatic heterocycles. The van der Waals surface area contributed by atoms with Crippen LogP contribution in [0.4, 0.5) is 0 Å². The molecule has 0 amide bonds. The summed E-state index contributed by atoms with van der Waals surface area (Å²) in [5.74, 6) is 0.843. The van der Waals surface area contributed by atoms with Crippen molar-refractivity contribution in [3.05, 3.63) is 101 Å². The van der Waals surface area contributed by atoms with Crippen LogP contribution in [0.15, 0.2) is 72.8 Å². The second kappa shape index (κ2) is 6.92. The Morgan fingerprint density at radius 2 is 1.12 bits per heavy atom. The molecule has 0 spiro atoms. The monoisotopic (exact) mass is 316 g/mol. The number of phenols is 1. The quantitative estimate of drug-likeness (QED) is 0.625. The van der Waals surface area contributed by atoms with Crippen molar-refractivity contribution in [1.29, 1.82) is 0 Å². The van der Waals surface area contributed by atoms with E-state index in [1.807, 2.05) is 30.3 Å². The number of hydrogen-bond donors (Lipinski definition) is 1. The SMILES string of the molecule is Cc1cc(O)c(C(C)c2ccccc2)cc1C(C)c1ccccc1. The summed E-state index contributed by atoms with van der Waals surface area (Å²) in [6.07, 6.45) is 0. The van der Waals surface area contributed by atoms with Crippen molar-refractivity contribution in [3.63, 3.8) is 0 Å². The van der Waals surface area contributed by atoms with Gasteiger partial charge in [0, 0.05) is 17.4 Å². The third kappa shape index (κ3) is 3.21. The van der Waals surface area contributed by atoms with Crippen LogP contribution in [0.25, 0.3) is 0 Å². The van der Waals surface area contributed by atoms with Crippen molar-refractivity contribution in [2.45, 2.75) is 32.6 Å². The van der Waals surface area contributed by atoms with E-state index in [1.54, 1.807) is 0 Å². The molecule has 3 aromatic rings. The van der Waals surface area contributed by atoms with E-state index < -0.39 is 0 Å². The third-order valence-corrected chi connectivity index (χ3v) is 4.95. The van der Waals surface area contributed by atoms with Crippen LogP contribution >= 0.6 is 0 Å². The first-order valence-corrected chi connectivity index (χ1v) is 8.51. The van der Waals surface area contributed by atoms with Crippen LogP contribution in [0, 0.1) is 6.92 Å². The number of phenolic OH excluding ortho intramolecular Hbond substituents is 1.